The van der Waals surface area contributed by atoms with Crippen LogP contribution in [-0.2, 0) is 0 Å². The number of aryl methyl sites for hydroxylation is 3. The monoisotopic (exact) mass is 386 g/mol. The lowest BCUT2D eigenvalue weighted by Crippen LogP contribution is -2.30. The Balaban J connectivity index is 1.62. The number of carbonyl (C=O) groups excluding carboxylic acids is 1. The molecule has 1 aromatic carbocycles. The van der Waals surface area contributed by atoms with E-state index in [1.165, 1.54) is 6.07 Å². The van der Waals surface area contributed by atoms with Gasteiger partial charge in [-0.15, -0.1) is 0 Å². The number of hydrogen-bond acceptors (Lipinski definition) is 5. The largest absolute Gasteiger partial charge is 0.368 e. The summed E-state index contributed by atoms with van der Waals surface area (Å²) in [6.45, 7) is 6.07. The highest BCUT2D eigenvalue weighted by Crippen LogP contribution is 2.14. The van der Waals surface area contributed by atoms with Crippen LogP contribution in [0, 0.1) is 32.4 Å². The minimum atomic E-state index is -0.897. The lowest BCUT2D eigenvalue weighted by molar-refractivity contribution is 0.0946. The molecular weight excluding hydrogens is 366 g/mol. The first kappa shape index (κ1) is 19.4. The first-order valence-electron chi connectivity index (χ1n) is 8.70. The Bertz CT molecular complexity index is 997. The third-order valence-corrected chi connectivity index (χ3v) is 3.96. The molecule has 0 aliphatic rings. The van der Waals surface area contributed by atoms with E-state index in [0.717, 1.165) is 23.5 Å². The van der Waals surface area contributed by atoms with E-state index in [1.807, 2.05) is 19.9 Å². The van der Waals surface area contributed by atoms with E-state index in [0.29, 0.717) is 24.0 Å². The van der Waals surface area contributed by atoms with Gasteiger partial charge in [0.05, 0.1) is 5.69 Å². The number of hydrogen-bond donors (Lipinski definition) is 2. The Kier molecular flexibility index (Phi) is 5.62. The zero-order valence-electron chi connectivity index (χ0n) is 15.8. The molecule has 9 heteroatoms. The van der Waals surface area contributed by atoms with Gasteiger partial charge in [-0.2, -0.15) is 5.10 Å². The van der Waals surface area contributed by atoms with Crippen LogP contribution in [0.1, 0.15) is 27.6 Å². The molecule has 0 radical (unpaired) electrons. The van der Waals surface area contributed by atoms with Crippen molar-refractivity contribution in [3.05, 3.63) is 64.7 Å². The number of aromatic nitrogens is 4. The van der Waals surface area contributed by atoms with Crippen molar-refractivity contribution in [2.45, 2.75) is 20.8 Å². The summed E-state index contributed by atoms with van der Waals surface area (Å²) in [7, 11) is 0. The number of benzene rings is 1. The van der Waals surface area contributed by atoms with Crippen LogP contribution in [0.15, 0.2) is 30.3 Å². The van der Waals surface area contributed by atoms with Gasteiger partial charge in [-0.1, -0.05) is 6.07 Å². The summed E-state index contributed by atoms with van der Waals surface area (Å²) >= 11 is 0. The zero-order valence-corrected chi connectivity index (χ0v) is 15.8. The highest BCUT2D eigenvalue weighted by molar-refractivity contribution is 5.94. The molecule has 2 heterocycles. The molecule has 2 N–H and O–H groups in total. The molecule has 0 fully saturated rings. The van der Waals surface area contributed by atoms with Gasteiger partial charge >= 0.3 is 0 Å². The normalized spacial score (nSPS) is 10.8. The van der Waals surface area contributed by atoms with Crippen LogP contribution < -0.4 is 10.6 Å². The Morgan fingerprint density at radius 2 is 1.79 bits per heavy atom. The van der Waals surface area contributed by atoms with Gasteiger partial charge in [0.1, 0.15) is 28.8 Å². The standard InChI is InChI=1S/C19H20F2N6O/c1-11-9-12(2)27(26-11)17-10-16(24-13(3)25-17)22-7-8-23-19(28)18-14(20)5-4-6-15(18)21/h4-6,9-10H,7-8H2,1-3H3,(H,23,28)(H,22,24,25). The third-order valence-electron chi connectivity index (χ3n) is 3.96. The minimum Gasteiger partial charge on any atom is -0.368 e. The Morgan fingerprint density at radius 3 is 2.43 bits per heavy atom. The maximum Gasteiger partial charge on any atom is 0.257 e. The molecular formula is C19H20F2N6O. The van der Waals surface area contributed by atoms with Crippen LogP contribution >= 0.6 is 0 Å². The fraction of sp³-hybridized carbons (Fsp3) is 0.263. The molecule has 28 heavy (non-hydrogen) atoms. The molecule has 0 aliphatic heterocycles. The number of anilines is 1. The van der Waals surface area contributed by atoms with Gasteiger partial charge in [0.25, 0.3) is 5.91 Å². The number of halogens is 2. The maximum absolute atomic E-state index is 13.6. The molecule has 1 amide bonds. The third kappa shape index (κ3) is 4.30. The van der Waals surface area contributed by atoms with Gasteiger partial charge in [-0.05, 0) is 39.0 Å². The van der Waals surface area contributed by atoms with Crippen LogP contribution in [0.4, 0.5) is 14.6 Å². The Hall–Kier alpha value is -3.36. The number of nitrogens with one attached hydrogen (secondary N) is 2. The first-order valence-corrected chi connectivity index (χ1v) is 8.70. The van der Waals surface area contributed by atoms with E-state index in [4.69, 9.17) is 0 Å². The lowest BCUT2D eigenvalue weighted by atomic mass is 10.2. The van der Waals surface area contributed by atoms with Crippen LogP contribution in [0.3, 0.4) is 0 Å². The van der Waals surface area contributed by atoms with E-state index in [2.05, 4.69) is 25.7 Å². The molecule has 7 nitrogen and oxygen atoms in total. The van der Waals surface area contributed by atoms with Crippen molar-refractivity contribution >= 4 is 11.7 Å². The smallest absolute Gasteiger partial charge is 0.257 e. The van der Waals surface area contributed by atoms with Gasteiger partial charge in [-0.25, -0.2) is 23.4 Å². The van der Waals surface area contributed by atoms with Crippen molar-refractivity contribution in [3.8, 4) is 5.82 Å². The average molecular weight is 386 g/mol. The van der Waals surface area contributed by atoms with E-state index >= 15 is 0 Å². The molecule has 0 spiro atoms. The van der Waals surface area contributed by atoms with Crippen LogP contribution in [0.25, 0.3) is 5.82 Å². The quantitative estimate of drug-likeness (QED) is 0.637. The van der Waals surface area contributed by atoms with Gasteiger partial charge in [0, 0.05) is 24.8 Å². The summed E-state index contributed by atoms with van der Waals surface area (Å²) in [6, 6.07) is 6.98. The van der Waals surface area contributed by atoms with Crippen molar-refractivity contribution in [2.24, 2.45) is 0 Å². The molecule has 146 valence electrons. The van der Waals surface area contributed by atoms with E-state index in [1.54, 1.807) is 17.7 Å². The Morgan fingerprint density at radius 1 is 1.07 bits per heavy atom. The predicted molar refractivity (Wildman–Crippen MR) is 101 cm³/mol. The number of nitrogens with zero attached hydrogens (tertiary/aromatic N) is 4. The molecule has 0 atom stereocenters. The van der Waals surface area contributed by atoms with Crippen molar-refractivity contribution in [1.82, 2.24) is 25.1 Å². The predicted octanol–water partition coefficient (Wildman–Crippen LogP) is 2.71. The lowest BCUT2D eigenvalue weighted by Gasteiger charge is -2.11. The second-order valence-corrected chi connectivity index (χ2v) is 6.28. The van der Waals surface area contributed by atoms with Crippen LogP contribution in [0.2, 0.25) is 0 Å². The summed E-state index contributed by atoms with van der Waals surface area (Å²) in [5.41, 5.74) is 1.24. The second kappa shape index (κ2) is 8.12. The molecule has 0 saturated carbocycles. The minimum absolute atomic E-state index is 0.158. The van der Waals surface area contributed by atoms with Gasteiger partial charge in [0.15, 0.2) is 5.82 Å². The number of carbonyl (C=O) groups is 1. The van der Waals surface area contributed by atoms with Crippen LogP contribution in [-0.4, -0.2) is 38.7 Å². The van der Waals surface area contributed by atoms with Crippen molar-refractivity contribution in [3.63, 3.8) is 0 Å². The number of amides is 1. The second-order valence-electron chi connectivity index (χ2n) is 6.28. The van der Waals surface area contributed by atoms with Gasteiger partial charge < -0.3 is 10.6 Å². The van der Waals surface area contributed by atoms with Crippen LogP contribution in [0.5, 0.6) is 0 Å². The molecule has 0 bridgehead atoms. The molecule has 2 aromatic heterocycles. The van der Waals surface area contributed by atoms with E-state index in [9.17, 15) is 13.6 Å². The topological polar surface area (TPSA) is 84.7 Å². The molecule has 3 rings (SSSR count). The molecule has 0 unspecified atom stereocenters. The molecule has 3 aromatic rings. The maximum atomic E-state index is 13.6. The summed E-state index contributed by atoms with van der Waals surface area (Å²) in [6.07, 6.45) is 0. The summed E-state index contributed by atoms with van der Waals surface area (Å²) in [5.74, 6) is -0.859. The average Bonchev–Trinajstić information content (AvgIpc) is 2.96. The highest BCUT2D eigenvalue weighted by Gasteiger charge is 2.16. The molecule has 0 aliphatic carbocycles. The van der Waals surface area contributed by atoms with Crippen molar-refractivity contribution < 1.29 is 13.6 Å². The summed E-state index contributed by atoms with van der Waals surface area (Å²) in [5, 5.41) is 9.95. The van der Waals surface area contributed by atoms with Gasteiger partial charge in [0.2, 0.25) is 0 Å². The zero-order chi connectivity index (χ0) is 20.3. The van der Waals surface area contributed by atoms with E-state index < -0.39 is 23.1 Å². The fourth-order valence-corrected chi connectivity index (χ4v) is 2.78. The molecule has 0 saturated heterocycles. The highest BCUT2D eigenvalue weighted by atomic mass is 19.1. The van der Waals surface area contributed by atoms with E-state index in [-0.39, 0.29) is 6.54 Å². The van der Waals surface area contributed by atoms with Crippen molar-refractivity contribution in [1.29, 1.82) is 0 Å². The fourth-order valence-electron chi connectivity index (χ4n) is 2.78. The Labute approximate surface area is 160 Å². The first-order chi connectivity index (χ1) is 13.3. The summed E-state index contributed by atoms with van der Waals surface area (Å²) in [4.78, 5) is 20.7. The van der Waals surface area contributed by atoms with Gasteiger partial charge in [-0.3, -0.25) is 4.79 Å². The van der Waals surface area contributed by atoms with Crippen molar-refractivity contribution in [2.75, 3.05) is 18.4 Å². The summed E-state index contributed by atoms with van der Waals surface area (Å²) < 4.78 is 29.0. The number of rotatable bonds is 6. The SMILES string of the molecule is Cc1cc(C)n(-c2cc(NCCNC(=O)c3c(F)cccc3F)nc(C)n2)n1.